The van der Waals surface area contributed by atoms with Crippen LogP contribution in [0.5, 0.6) is 0 Å². The van der Waals surface area contributed by atoms with Crippen molar-refractivity contribution in [2.45, 2.75) is 39.0 Å². The second-order valence-corrected chi connectivity index (χ2v) is 7.88. The van der Waals surface area contributed by atoms with Crippen LogP contribution < -0.4 is 5.32 Å². The molecule has 4 aromatic rings. The lowest BCUT2D eigenvalue weighted by Gasteiger charge is -2.34. The second-order valence-electron chi connectivity index (χ2n) is 7.88. The molecule has 0 bridgehead atoms. The number of hydrogen-bond donors (Lipinski definition) is 1. The molecule has 0 unspecified atom stereocenters. The third kappa shape index (κ3) is 4.92. The predicted molar refractivity (Wildman–Crippen MR) is 119 cm³/mol. The van der Waals surface area contributed by atoms with Crippen LogP contribution in [-0.2, 0) is 22.7 Å². The fraction of sp³-hybridized carbons (Fsp3) is 0.250. The van der Waals surface area contributed by atoms with Gasteiger partial charge < -0.3 is 14.6 Å². The first-order valence-electron chi connectivity index (χ1n) is 10.6. The highest BCUT2D eigenvalue weighted by Gasteiger charge is 2.33. The van der Waals surface area contributed by atoms with E-state index in [1.54, 1.807) is 12.1 Å². The molecule has 1 atom stereocenters. The van der Waals surface area contributed by atoms with Crippen LogP contribution in [0.4, 0.5) is 4.39 Å². The second kappa shape index (κ2) is 9.64. The number of hydrogen-bond acceptors (Lipinski definition) is 5. The van der Waals surface area contributed by atoms with Gasteiger partial charge in [-0.2, -0.15) is 0 Å². The number of aromatic nitrogens is 3. The molecule has 2 amide bonds. The number of benzene rings is 2. The summed E-state index contributed by atoms with van der Waals surface area (Å²) in [6.45, 7) is 3.72. The first kappa shape index (κ1) is 22.2. The first-order chi connectivity index (χ1) is 15.9. The average molecular weight is 449 g/mol. The predicted octanol–water partition coefficient (Wildman–Crippen LogP) is 3.46. The minimum atomic E-state index is -0.970. The maximum Gasteiger partial charge on any atom is 0.247 e. The SMILES string of the molecule is CC(C)N(C(=O)Cn1nnc2ccccc21)[C@@H](C(=O)NCc1ccco1)c1ccc(F)cc1. The zero-order chi connectivity index (χ0) is 23.4. The van der Waals surface area contributed by atoms with Crippen LogP contribution in [0, 0.1) is 5.82 Å². The van der Waals surface area contributed by atoms with Crippen molar-refractivity contribution in [1.29, 1.82) is 0 Å². The number of rotatable bonds is 8. The molecule has 2 aromatic carbocycles. The van der Waals surface area contributed by atoms with E-state index in [1.165, 1.54) is 40.1 Å². The lowest BCUT2D eigenvalue weighted by atomic mass is 10.0. The zero-order valence-electron chi connectivity index (χ0n) is 18.3. The van der Waals surface area contributed by atoms with Crippen LogP contribution >= 0.6 is 0 Å². The minimum absolute atomic E-state index is 0.0954. The van der Waals surface area contributed by atoms with Gasteiger partial charge in [0.2, 0.25) is 11.8 Å². The van der Waals surface area contributed by atoms with Crippen molar-refractivity contribution in [2.24, 2.45) is 0 Å². The monoisotopic (exact) mass is 449 g/mol. The highest BCUT2D eigenvalue weighted by Crippen LogP contribution is 2.25. The molecule has 0 saturated carbocycles. The van der Waals surface area contributed by atoms with Crippen LogP contribution in [-0.4, -0.2) is 37.7 Å². The van der Waals surface area contributed by atoms with Gasteiger partial charge in [0.1, 0.15) is 29.7 Å². The van der Waals surface area contributed by atoms with Crippen LogP contribution in [0.15, 0.2) is 71.3 Å². The van der Waals surface area contributed by atoms with Gasteiger partial charge in [0.15, 0.2) is 0 Å². The van der Waals surface area contributed by atoms with E-state index in [0.29, 0.717) is 16.8 Å². The van der Waals surface area contributed by atoms with Gasteiger partial charge in [0.05, 0.1) is 18.3 Å². The van der Waals surface area contributed by atoms with Gasteiger partial charge in [0.25, 0.3) is 0 Å². The molecule has 0 aliphatic carbocycles. The van der Waals surface area contributed by atoms with Crippen molar-refractivity contribution in [3.05, 3.63) is 84.1 Å². The van der Waals surface area contributed by atoms with E-state index in [0.717, 1.165) is 5.52 Å². The Labute approximate surface area is 190 Å². The smallest absolute Gasteiger partial charge is 0.247 e. The lowest BCUT2D eigenvalue weighted by Crippen LogP contribution is -2.48. The molecule has 1 N–H and O–H groups in total. The molecule has 0 fully saturated rings. The number of fused-ring (bicyclic) bond motifs is 1. The summed E-state index contributed by atoms with van der Waals surface area (Å²) in [5, 5.41) is 11.0. The molecule has 0 saturated heterocycles. The zero-order valence-corrected chi connectivity index (χ0v) is 18.3. The van der Waals surface area contributed by atoms with Crippen molar-refractivity contribution in [3.63, 3.8) is 0 Å². The number of carbonyl (C=O) groups is 2. The third-order valence-corrected chi connectivity index (χ3v) is 5.28. The Morgan fingerprint density at radius 2 is 1.85 bits per heavy atom. The summed E-state index contributed by atoms with van der Waals surface area (Å²) in [4.78, 5) is 28.3. The number of nitrogens with zero attached hydrogens (tertiary/aromatic N) is 4. The molecule has 2 heterocycles. The van der Waals surface area contributed by atoms with E-state index in [4.69, 9.17) is 4.42 Å². The molecule has 33 heavy (non-hydrogen) atoms. The van der Waals surface area contributed by atoms with E-state index < -0.39 is 17.8 Å². The Hall–Kier alpha value is -4.01. The number of nitrogens with one attached hydrogen (secondary N) is 1. The molecule has 8 nitrogen and oxygen atoms in total. The number of carbonyl (C=O) groups excluding carboxylic acids is 2. The molecule has 0 spiro atoms. The Morgan fingerprint density at radius 1 is 1.09 bits per heavy atom. The summed E-state index contributed by atoms with van der Waals surface area (Å²) in [5.41, 5.74) is 1.89. The maximum atomic E-state index is 13.6. The summed E-state index contributed by atoms with van der Waals surface area (Å²) in [6.07, 6.45) is 1.52. The van der Waals surface area contributed by atoms with Crippen LogP contribution in [0.2, 0.25) is 0 Å². The topological polar surface area (TPSA) is 93.3 Å². The quantitative estimate of drug-likeness (QED) is 0.445. The van der Waals surface area contributed by atoms with Gasteiger partial charge >= 0.3 is 0 Å². The van der Waals surface area contributed by atoms with Crippen LogP contribution in [0.25, 0.3) is 11.0 Å². The van der Waals surface area contributed by atoms with E-state index >= 15 is 0 Å². The molecule has 0 radical (unpaired) electrons. The molecule has 0 aliphatic heterocycles. The molecular weight excluding hydrogens is 425 g/mol. The summed E-state index contributed by atoms with van der Waals surface area (Å²) in [5.74, 6) is -0.561. The Morgan fingerprint density at radius 3 is 2.55 bits per heavy atom. The highest BCUT2D eigenvalue weighted by atomic mass is 19.1. The largest absolute Gasteiger partial charge is 0.467 e. The van der Waals surface area contributed by atoms with Crippen molar-refractivity contribution in [2.75, 3.05) is 0 Å². The summed E-state index contributed by atoms with van der Waals surface area (Å²) < 4.78 is 20.4. The van der Waals surface area contributed by atoms with E-state index in [-0.39, 0.29) is 25.0 Å². The summed E-state index contributed by atoms with van der Waals surface area (Å²) in [7, 11) is 0. The van der Waals surface area contributed by atoms with Gasteiger partial charge in [-0.25, -0.2) is 9.07 Å². The standard InChI is InChI=1S/C24H24FN5O3/c1-16(2)30(22(31)15-29-21-8-4-3-7-20(21)27-28-29)23(17-9-11-18(25)12-10-17)24(32)26-14-19-6-5-13-33-19/h3-13,16,23H,14-15H2,1-2H3,(H,26,32)/t23-/m1/s1. The molecule has 2 aromatic heterocycles. The van der Waals surface area contributed by atoms with Gasteiger partial charge in [0, 0.05) is 6.04 Å². The van der Waals surface area contributed by atoms with E-state index in [1.807, 2.05) is 38.1 Å². The molecule has 170 valence electrons. The normalized spacial score (nSPS) is 12.1. The Bertz CT molecular complexity index is 1230. The van der Waals surface area contributed by atoms with Gasteiger partial charge in [-0.1, -0.05) is 29.5 Å². The average Bonchev–Trinajstić information content (AvgIpc) is 3.46. The van der Waals surface area contributed by atoms with Gasteiger partial charge in [-0.05, 0) is 55.8 Å². The Balaban J connectivity index is 1.64. The molecule has 4 rings (SSSR count). The van der Waals surface area contributed by atoms with Crippen LogP contribution in [0.1, 0.15) is 31.2 Å². The highest BCUT2D eigenvalue weighted by molar-refractivity contribution is 5.89. The number of para-hydroxylation sites is 1. The lowest BCUT2D eigenvalue weighted by molar-refractivity contribution is -0.143. The number of furan rings is 1. The third-order valence-electron chi connectivity index (χ3n) is 5.28. The van der Waals surface area contributed by atoms with Crippen LogP contribution in [0.3, 0.4) is 0 Å². The van der Waals surface area contributed by atoms with Crippen molar-refractivity contribution in [3.8, 4) is 0 Å². The fourth-order valence-corrected chi connectivity index (χ4v) is 3.74. The van der Waals surface area contributed by atoms with Gasteiger partial charge in [-0.15, -0.1) is 5.10 Å². The van der Waals surface area contributed by atoms with Crippen molar-refractivity contribution >= 4 is 22.8 Å². The minimum Gasteiger partial charge on any atom is -0.467 e. The maximum absolute atomic E-state index is 13.6. The first-order valence-corrected chi connectivity index (χ1v) is 10.6. The fourth-order valence-electron chi connectivity index (χ4n) is 3.74. The number of halogens is 1. The van der Waals surface area contributed by atoms with E-state index in [9.17, 15) is 14.0 Å². The van der Waals surface area contributed by atoms with Crippen molar-refractivity contribution < 1.29 is 18.4 Å². The Kier molecular flexibility index (Phi) is 6.48. The molecule has 9 heteroatoms. The molecule has 0 aliphatic rings. The molecular formula is C24H24FN5O3. The summed E-state index contributed by atoms with van der Waals surface area (Å²) in [6, 6.07) is 15.1. The summed E-state index contributed by atoms with van der Waals surface area (Å²) >= 11 is 0. The van der Waals surface area contributed by atoms with Crippen molar-refractivity contribution in [1.82, 2.24) is 25.2 Å². The number of amides is 2. The van der Waals surface area contributed by atoms with E-state index in [2.05, 4.69) is 15.6 Å². The van der Waals surface area contributed by atoms with Gasteiger partial charge in [-0.3, -0.25) is 9.59 Å².